The molecule has 98 valence electrons. The molecule has 0 aromatic rings. The van der Waals surface area contributed by atoms with Crippen molar-refractivity contribution >= 4 is 5.91 Å². The zero-order valence-electron chi connectivity index (χ0n) is 11.6. The van der Waals surface area contributed by atoms with Crippen LogP contribution in [0.15, 0.2) is 0 Å². The van der Waals surface area contributed by atoms with E-state index in [9.17, 15) is 4.79 Å². The fourth-order valence-electron chi connectivity index (χ4n) is 3.15. The van der Waals surface area contributed by atoms with E-state index in [4.69, 9.17) is 0 Å². The maximum Gasteiger partial charge on any atom is 0.241 e. The molecule has 1 aliphatic carbocycles. The molecule has 1 N–H and O–H groups in total. The zero-order chi connectivity index (χ0) is 12.6. The summed E-state index contributed by atoms with van der Waals surface area (Å²) in [7, 11) is 0. The molecule has 1 heterocycles. The van der Waals surface area contributed by atoms with Crippen LogP contribution < -0.4 is 5.32 Å². The molecule has 3 unspecified atom stereocenters. The van der Waals surface area contributed by atoms with Crippen molar-refractivity contribution in [3.8, 4) is 0 Å². The number of carbonyl (C=O) groups is 1. The summed E-state index contributed by atoms with van der Waals surface area (Å²) >= 11 is 0. The van der Waals surface area contributed by atoms with E-state index < -0.39 is 0 Å². The second-order valence-corrected chi connectivity index (χ2v) is 5.93. The molecule has 2 aliphatic rings. The Kier molecular flexibility index (Phi) is 3.76. The number of carbonyl (C=O) groups excluding carboxylic acids is 1. The summed E-state index contributed by atoms with van der Waals surface area (Å²) in [6.45, 7) is 8.78. The fourth-order valence-corrected chi connectivity index (χ4v) is 3.15. The van der Waals surface area contributed by atoms with E-state index in [0.29, 0.717) is 17.9 Å². The SMILES string of the molecule is CCC(C)C1NC(CC)N(C2CC(C)C2)C1=O. The van der Waals surface area contributed by atoms with Crippen LogP contribution in [0.25, 0.3) is 0 Å². The van der Waals surface area contributed by atoms with Crippen molar-refractivity contribution in [2.45, 2.75) is 71.6 Å². The summed E-state index contributed by atoms with van der Waals surface area (Å²) in [6.07, 6.45) is 4.74. The van der Waals surface area contributed by atoms with Crippen molar-refractivity contribution in [3.05, 3.63) is 0 Å². The first-order valence-corrected chi connectivity index (χ1v) is 7.16. The topological polar surface area (TPSA) is 32.3 Å². The molecule has 1 amide bonds. The molecule has 0 aromatic carbocycles. The van der Waals surface area contributed by atoms with Gasteiger partial charge in [-0.3, -0.25) is 10.1 Å². The Morgan fingerprint density at radius 1 is 1.41 bits per heavy atom. The minimum atomic E-state index is 0.0563. The zero-order valence-corrected chi connectivity index (χ0v) is 11.6. The average Bonchev–Trinajstić information content (AvgIpc) is 2.61. The van der Waals surface area contributed by atoms with Gasteiger partial charge in [-0.05, 0) is 31.1 Å². The van der Waals surface area contributed by atoms with Crippen LogP contribution in [0, 0.1) is 11.8 Å². The Bertz CT molecular complexity index is 286. The van der Waals surface area contributed by atoms with Crippen molar-refractivity contribution in [1.29, 1.82) is 0 Å². The van der Waals surface area contributed by atoms with Crippen LogP contribution in [-0.2, 0) is 4.79 Å². The lowest BCUT2D eigenvalue weighted by atomic mass is 9.80. The van der Waals surface area contributed by atoms with E-state index in [0.717, 1.165) is 18.8 Å². The smallest absolute Gasteiger partial charge is 0.241 e. The lowest BCUT2D eigenvalue weighted by Gasteiger charge is -2.42. The van der Waals surface area contributed by atoms with Gasteiger partial charge in [-0.15, -0.1) is 0 Å². The van der Waals surface area contributed by atoms with Gasteiger partial charge in [0.05, 0.1) is 12.2 Å². The largest absolute Gasteiger partial charge is 0.323 e. The van der Waals surface area contributed by atoms with Gasteiger partial charge in [0.1, 0.15) is 0 Å². The van der Waals surface area contributed by atoms with Crippen molar-refractivity contribution in [3.63, 3.8) is 0 Å². The highest BCUT2D eigenvalue weighted by atomic mass is 16.2. The van der Waals surface area contributed by atoms with E-state index in [1.807, 2.05) is 0 Å². The molecular weight excluding hydrogens is 212 g/mol. The van der Waals surface area contributed by atoms with Crippen molar-refractivity contribution in [1.82, 2.24) is 10.2 Å². The highest BCUT2D eigenvalue weighted by Gasteiger charge is 2.46. The van der Waals surface area contributed by atoms with E-state index in [-0.39, 0.29) is 12.2 Å². The van der Waals surface area contributed by atoms with Crippen molar-refractivity contribution in [2.24, 2.45) is 11.8 Å². The molecule has 17 heavy (non-hydrogen) atoms. The van der Waals surface area contributed by atoms with E-state index in [1.54, 1.807) is 0 Å². The Morgan fingerprint density at radius 2 is 2.06 bits per heavy atom. The van der Waals surface area contributed by atoms with Gasteiger partial charge in [-0.1, -0.05) is 34.1 Å². The normalized spacial score (nSPS) is 39.3. The van der Waals surface area contributed by atoms with Gasteiger partial charge in [-0.2, -0.15) is 0 Å². The van der Waals surface area contributed by atoms with Crippen LogP contribution >= 0.6 is 0 Å². The lowest BCUT2D eigenvalue weighted by molar-refractivity contribution is -0.135. The maximum absolute atomic E-state index is 12.5. The van der Waals surface area contributed by atoms with Crippen LogP contribution in [0.1, 0.15) is 53.4 Å². The molecule has 1 aliphatic heterocycles. The highest BCUT2D eigenvalue weighted by Crippen LogP contribution is 2.35. The van der Waals surface area contributed by atoms with Gasteiger partial charge in [0.15, 0.2) is 0 Å². The number of amides is 1. The number of hydrogen-bond acceptors (Lipinski definition) is 2. The van der Waals surface area contributed by atoms with Crippen LogP contribution in [0.4, 0.5) is 0 Å². The lowest BCUT2D eigenvalue weighted by Crippen LogP contribution is -2.50. The third-order valence-corrected chi connectivity index (χ3v) is 4.57. The molecule has 1 saturated carbocycles. The minimum Gasteiger partial charge on any atom is -0.323 e. The summed E-state index contributed by atoms with van der Waals surface area (Å²) in [4.78, 5) is 14.6. The molecule has 2 fully saturated rings. The van der Waals surface area contributed by atoms with E-state index in [2.05, 4.69) is 37.9 Å². The van der Waals surface area contributed by atoms with Crippen LogP contribution in [0.3, 0.4) is 0 Å². The summed E-state index contributed by atoms with van der Waals surface area (Å²) in [5.74, 6) is 1.59. The first-order valence-electron chi connectivity index (χ1n) is 7.16. The summed E-state index contributed by atoms with van der Waals surface area (Å²) < 4.78 is 0. The Labute approximate surface area is 105 Å². The molecular formula is C14H26N2O. The predicted molar refractivity (Wildman–Crippen MR) is 69.5 cm³/mol. The first kappa shape index (κ1) is 12.9. The third-order valence-electron chi connectivity index (χ3n) is 4.57. The molecule has 0 aromatic heterocycles. The molecule has 0 spiro atoms. The molecule has 1 saturated heterocycles. The second kappa shape index (κ2) is 4.97. The Hall–Kier alpha value is -0.570. The number of nitrogens with one attached hydrogen (secondary N) is 1. The maximum atomic E-state index is 12.5. The van der Waals surface area contributed by atoms with Crippen LogP contribution in [0.5, 0.6) is 0 Å². The minimum absolute atomic E-state index is 0.0563. The van der Waals surface area contributed by atoms with E-state index in [1.165, 1.54) is 12.8 Å². The van der Waals surface area contributed by atoms with Crippen molar-refractivity contribution < 1.29 is 4.79 Å². The molecule has 3 heteroatoms. The third kappa shape index (κ3) is 2.22. The summed E-state index contributed by atoms with van der Waals surface area (Å²) in [5.41, 5.74) is 0. The van der Waals surface area contributed by atoms with E-state index >= 15 is 0 Å². The molecule has 2 rings (SSSR count). The van der Waals surface area contributed by atoms with Gasteiger partial charge in [-0.25, -0.2) is 0 Å². The standard InChI is InChI=1S/C14H26N2O/c1-5-10(4)13-14(17)16(12(6-2)15-13)11-7-9(3)8-11/h9-13,15H,5-8H2,1-4H3. The highest BCUT2D eigenvalue weighted by molar-refractivity contribution is 5.85. The van der Waals surface area contributed by atoms with Crippen LogP contribution in [-0.4, -0.2) is 29.1 Å². The van der Waals surface area contributed by atoms with Gasteiger partial charge in [0.2, 0.25) is 5.91 Å². The number of hydrogen-bond donors (Lipinski definition) is 1. The molecule has 3 nitrogen and oxygen atoms in total. The monoisotopic (exact) mass is 238 g/mol. The second-order valence-electron chi connectivity index (χ2n) is 5.93. The molecule has 0 bridgehead atoms. The predicted octanol–water partition coefficient (Wildman–Crippen LogP) is 2.37. The quantitative estimate of drug-likeness (QED) is 0.815. The number of rotatable bonds is 4. The van der Waals surface area contributed by atoms with Crippen LogP contribution in [0.2, 0.25) is 0 Å². The van der Waals surface area contributed by atoms with Gasteiger partial charge in [0.25, 0.3) is 0 Å². The summed E-state index contributed by atoms with van der Waals surface area (Å²) in [6, 6.07) is 0.560. The molecule has 0 radical (unpaired) electrons. The molecule has 3 atom stereocenters. The van der Waals surface area contributed by atoms with Gasteiger partial charge < -0.3 is 4.90 Å². The number of nitrogens with zero attached hydrogens (tertiary/aromatic N) is 1. The first-order chi connectivity index (χ1) is 8.08. The Balaban J connectivity index is 2.06. The Morgan fingerprint density at radius 3 is 2.53 bits per heavy atom. The van der Waals surface area contributed by atoms with Gasteiger partial charge >= 0.3 is 0 Å². The fraction of sp³-hybridized carbons (Fsp3) is 0.929. The van der Waals surface area contributed by atoms with Gasteiger partial charge in [0, 0.05) is 6.04 Å². The van der Waals surface area contributed by atoms with Crippen molar-refractivity contribution in [2.75, 3.05) is 0 Å². The average molecular weight is 238 g/mol. The summed E-state index contributed by atoms with van der Waals surface area (Å²) in [5, 5.41) is 3.53.